The zero-order chi connectivity index (χ0) is 12.2. The Hall–Kier alpha value is -1.10. The third kappa shape index (κ3) is 1.27. The Morgan fingerprint density at radius 1 is 1.38 bits per heavy atom. The molecular formula is C11H17NO4. The first-order valence-electron chi connectivity index (χ1n) is 5.41. The van der Waals surface area contributed by atoms with Crippen LogP contribution < -0.4 is 5.32 Å². The largest absolute Gasteiger partial charge is 0.481 e. The van der Waals surface area contributed by atoms with Gasteiger partial charge in [-0.05, 0) is 26.7 Å². The highest BCUT2D eigenvalue weighted by atomic mass is 16.5. The Morgan fingerprint density at radius 3 is 2.31 bits per heavy atom. The molecule has 2 heterocycles. The van der Waals surface area contributed by atoms with Crippen LogP contribution in [0.1, 0.15) is 33.6 Å². The molecule has 1 aliphatic carbocycles. The van der Waals surface area contributed by atoms with Gasteiger partial charge in [-0.1, -0.05) is 0 Å². The number of carboxylic acids is 1. The van der Waals surface area contributed by atoms with Gasteiger partial charge in [-0.25, -0.2) is 0 Å². The maximum Gasteiger partial charge on any atom is 0.312 e. The maximum absolute atomic E-state index is 11.3. The minimum Gasteiger partial charge on any atom is -0.481 e. The molecule has 1 amide bonds. The van der Waals surface area contributed by atoms with Crippen LogP contribution in [0.3, 0.4) is 0 Å². The lowest BCUT2D eigenvalue weighted by atomic mass is 9.56. The lowest BCUT2D eigenvalue weighted by Crippen LogP contribution is -2.56. The molecule has 2 aliphatic heterocycles. The molecule has 2 bridgehead atoms. The van der Waals surface area contributed by atoms with Crippen molar-refractivity contribution in [2.24, 2.45) is 5.41 Å². The van der Waals surface area contributed by atoms with E-state index in [-0.39, 0.29) is 5.91 Å². The molecule has 5 nitrogen and oxygen atoms in total. The minimum absolute atomic E-state index is 0.115. The summed E-state index contributed by atoms with van der Waals surface area (Å²) >= 11 is 0. The van der Waals surface area contributed by atoms with Gasteiger partial charge in [0, 0.05) is 13.5 Å². The second kappa shape index (κ2) is 2.97. The van der Waals surface area contributed by atoms with Crippen LogP contribution >= 0.6 is 0 Å². The minimum atomic E-state index is -0.798. The molecule has 2 saturated heterocycles. The standard InChI is InChI=1S/C11H17NO4/c1-7(13)12-6-10-4-11(5-10,8(14)15)9(2,3)16-10/h4-6H2,1-3H3,(H,12,13)(H,14,15). The number of carboxylic acid groups (broad SMARTS) is 1. The Morgan fingerprint density at radius 2 is 1.94 bits per heavy atom. The number of hydrogen-bond acceptors (Lipinski definition) is 3. The summed E-state index contributed by atoms with van der Waals surface area (Å²) in [5, 5.41) is 12.0. The van der Waals surface area contributed by atoms with Crippen LogP contribution in [0, 0.1) is 5.41 Å². The van der Waals surface area contributed by atoms with Gasteiger partial charge in [-0.3, -0.25) is 9.59 Å². The Labute approximate surface area is 94.2 Å². The lowest BCUT2D eigenvalue weighted by Gasteiger charge is -2.43. The van der Waals surface area contributed by atoms with E-state index in [0.717, 1.165) is 0 Å². The molecule has 90 valence electrons. The molecule has 16 heavy (non-hydrogen) atoms. The van der Waals surface area contributed by atoms with Crippen LogP contribution in [-0.4, -0.2) is 34.7 Å². The molecular weight excluding hydrogens is 210 g/mol. The highest BCUT2D eigenvalue weighted by molar-refractivity contribution is 5.80. The molecule has 5 heteroatoms. The molecule has 0 unspecified atom stereocenters. The van der Waals surface area contributed by atoms with Crippen molar-refractivity contribution in [1.29, 1.82) is 0 Å². The van der Waals surface area contributed by atoms with Crippen molar-refractivity contribution in [3.63, 3.8) is 0 Å². The molecule has 3 fully saturated rings. The van der Waals surface area contributed by atoms with Crippen molar-refractivity contribution in [3.05, 3.63) is 0 Å². The predicted octanol–water partition coefficient (Wildman–Crippen LogP) is 0.535. The van der Waals surface area contributed by atoms with Crippen molar-refractivity contribution in [3.8, 4) is 0 Å². The first-order chi connectivity index (χ1) is 7.23. The van der Waals surface area contributed by atoms with Gasteiger partial charge >= 0.3 is 5.97 Å². The number of aliphatic carboxylic acids is 1. The highest BCUT2D eigenvalue weighted by Gasteiger charge is 2.75. The molecule has 1 saturated carbocycles. The topological polar surface area (TPSA) is 75.6 Å². The lowest BCUT2D eigenvalue weighted by molar-refractivity contribution is -0.157. The second-order valence-electron chi connectivity index (χ2n) is 5.45. The van der Waals surface area contributed by atoms with Crippen LogP contribution in [-0.2, 0) is 14.3 Å². The molecule has 0 radical (unpaired) electrons. The molecule has 0 aromatic heterocycles. The van der Waals surface area contributed by atoms with E-state index in [2.05, 4.69) is 5.32 Å². The average Bonchev–Trinajstić information content (AvgIpc) is 2.42. The second-order valence-corrected chi connectivity index (χ2v) is 5.45. The number of rotatable bonds is 3. The van der Waals surface area contributed by atoms with Crippen molar-refractivity contribution in [2.75, 3.05) is 6.54 Å². The third-order valence-corrected chi connectivity index (χ3v) is 3.94. The number of carbonyl (C=O) groups is 2. The molecule has 2 N–H and O–H groups in total. The maximum atomic E-state index is 11.3. The van der Waals surface area contributed by atoms with Gasteiger partial charge in [0.25, 0.3) is 0 Å². The summed E-state index contributed by atoms with van der Waals surface area (Å²) in [6, 6.07) is 0. The summed E-state index contributed by atoms with van der Waals surface area (Å²) < 4.78 is 5.83. The molecule has 3 aliphatic rings. The van der Waals surface area contributed by atoms with Crippen molar-refractivity contribution < 1.29 is 19.4 Å². The normalized spacial score (nSPS) is 38.9. The number of nitrogens with one attached hydrogen (secondary N) is 1. The number of carbonyl (C=O) groups excluding carboxylic acids is 1. The van der Waals surface area contributed by atoms with E-state index >= 15 is 0 Å². The number of ether oxygens (including phenoxy) is 1. The van der Waals surface area contributed by atoms with E-state index in [1.807, 2.05) is 13.8 Å². The third-order valence-electron chi connectivity index (χ3n) is 3.94. The first-order valence-corrected chi connectivity index (χ1v) is 5.41. The quantitative estimate of drug-likeness (QED) is 0.737. The SMILES string of the molecule is CC(=O)NCC12CC(C(=O)O)(C1)C(C)(C)O2. The van der Waals surface area contributed by atoms with Crippen LogP contribution in [0.4, 0.5) is 0 Å². The van der Waals surface area contributed by atoms with Gasteiger partial charge in [0.05, 0.1) is 11.2 Å². The summed E-state index contributed by atoms with van der Waals surface area (Å²) in [6.45, 7) is 5.47. The van der Waals surface area contributed by atoms with Gasteiger partial charge in [0.2, 0.25) is 5.91 Å². The molecule has 0 atom stereocenters. The summed E-state index contributed by atoms with van der Waals surface area (Å²) in [5.41, 5.74) is -1.89. The van der Waals surface area contributed by atoms with Gasteiger partial charge in [0.15, 0.2) is 0 Å². The van der Waals surface area contributed by atoms with Gasteiger partial charge < -0.3 is 15.2 Å². The Bertz CT molecular complexity index is 355. The molecule has 0 aromatic rings. The zero-order valence-corrected chi connectivity index (χ0v) is 9.79. The van der Waals surface area contributed by atoms with Crippen molar-refractivity contribution in [2.45, 2.75) is 44.8 Å². The van der Waals surface area contributed by atoms with Gasteiger partial charge in [0.1, 0.15) is 5.41 Å². The zero-order valence-electron chi connectivity index (χ0n) is 9.79. The van der Waals surface area contributed by atoms with E-state index in [1.54, 1.807) is 0 Å². The fourth-order valence-electron chi connectivity index (χ4n) is 3.04. The molecule has 3 rings (SSSR count). The van der Waals surface area contributed by atoms with Crippen LogP contribution in [0.25, 0.3) is 0 Å². The number of hydrogen-bond donors (Lipinski definition) is 2. The fourth-order valence-corrected chi connectivity index (χ4v) is 3.04. The Kier molecular flexibility index (Phi) is 2.11. The highest BCUT2D eigenvalue weighted by Crippen LogP contribution is 2.66. The summed E-state index contributed by atoms with van der Waals surface area (Å²) in [6.07, 6.45) is 0.977. The monoisotopic (exact) mass is 227 g/mol. The van der Waals surface area contributed by atoms with Crippen LogP contribution in [0.5, 0.6) is 0 Å². The number of amides is 1. The van der Waals surface area contributed by atoms with E-state index in [1.165, 1.54) is 6.92 Å². The van der Waals surface area contributed by atoms with E-state index in [9.17, 15) is 14.7 Å². The van der Waals surface area contributed by atoms with Crippen LogP contribution in [0.2, 0.25) is 0 Å². The van der Waals surface area contributed by atoms with Gasteiger partial charge in [-0.15, -0.1) is 0 Å². The van der Waals surface area contributed by atoms with E-state index in [0.29, 0.717) is 19.4 Å². The van der Waals surface area contributed by atoms with Gasteiger partial charge in [-0.2, -0.15) is 0 Å². The Balaban J connectivity index is 2.12. The molecule has 0 aromatic carbocycles. The fraction of sp³-hybridized carbons (Fsp3) is 0.818. The molecule has 0 spiro atoms. The summed E-state index contributed by atoms with van der Waals surface area (Å²) in [4.78, 5) is 22.1. The van der Waals surface area contributed by atoms with Crippen molar-refractivity contribution in [1.82, 2.24) is 5.32 Å². The summed E-state index contributed by atoms with van der Waals surface area (Å²) in [5.74, 6) is -0.913. The summed E-state index contributed by atoms with van der Waals surface area (Å²) in [7, 11) is 0. The smallest absolute Gasteiger partial charge is 0.312 e. The van der Waals surface area contributed by atoms with E-state index < -0.39 is 22.6 Å². The first kappa shape index (κ1) is 11.4. The predicted molar refractivity (Wildman–Crippen MR) is 55.9 cm³/mol. The van der Waals surface area contributed by atoms with E-state index in [4.69, 9.17) is 4.74 Å². The van der Waals surface area contributed by atoms with Crippen LogP contribution in [0.15, 0.2) is 0 Å². The van der Waals surface area contributed by atoms with Crippen molar-refractivity contribution >= 4 is 11.9 Å². The number of fused-ring (bicyclic) bond motifs is 1. The average molecular weight is 227 g/mol.